The Labute approximate surface area is 77.2 Å². The number of allylic oxidation sites excluding steroid dienone is 5. The lowest BCUT2D eigenvalue weighted by molar-refractivity contribution is 1.11. The fourth-order valence-corrected chi connectivity index (χ4v) is 1.47. The molecule has 0 unspecified atom stereocenters. The summed E-state index contributed by atoms with van der Waals surface area (Å²) in [5.41, 5.74) is 2.09. The SMILES string of the molecule is C=C1CC=C(Cl)C(C)=C(Cl)C1. The Morgan fingerprint density at radius 1 is 1.45 bits per heavy atom. The molecule has 0 N–H and O–H groups in total. The Hall–Kier alpha value is -0.200. The molecule has 0 fully saturated rings. The summed E-state index contributed by atoms with van der Waals surface area (Å²) in [6.45, 7) is 5.80. The van der Waals surface area contributed by atoms with Crippen molar-refractivity contribution in [3.8, 4) is 0 Å². The summed E-state index contributed by atoms with van der Waals surface area (Å²) < 4.78 is 0. The molecule has 0 aromatic heterocycles. The van der Waals surface area contributed by atoms with Crippen molar-refractivity contribution in [3.05, 3.63) is 33.9 Å². The Kier molecular flexibility index (Phi) is 2.80. The first kappa shape index (κ1) is 8.89. The van der Waals surface area contributed by atoms with E-state index in [1.807, 2.05) is 13.0 Å². The summed E-state index contributed by atoms with van der Waals surface area (Å²) in [5, 5.41) is 1.57. The average Bonchev–Trinajstić information content (AvgIpc) is 2.05. The molecule has 0 amide bonds. The predicted molar refractivity (Wildman–Crippen MR) is 50.9 cm³/mol. The van der Waals surface area contributed by atoms with Gasteiger partial charge in [0.15, 0.2) is 0 Å². The van der Waals surface area contributed by atoms with Crippen LogP contribution in [0, 0.1) is 0 Å². The lowest BCUT2D eigenvalue weighted by atomic mass is 10.1. The van der Waals surface area contributed by atoms with Gasteiger partial charge in [0.1, 0.15) is 0 Å². The zero-order valence-corrected chi connectivity index (χ0v) is 7.97. The molecule has 0 saturated heterocycles. The van der Waals surface area contributed by atoms with Gasteiger partial charge >= 0.3 is 0 Å². The highest BCUT2D eigenvalue weighted by atomic mass is 35.5. The highest BCUT2D eigenvalue weighted by Crippen LogP contribution is 2.30. The normalized spacial score (nSPS) is 19.9. The van der Waals surface area contributed by atoms with E-state index in [-0.39, 0.29) is 0 Å². The monoisotopic (exact) mass is 188 g/mol. The predicted octanol–water partition coefficient (Wildman–Crippen LogP) is 3.97. The van der Waals surface area contributed by atoms with Crippen LogP contribution in [0.4, 0.5) is 0 Å². The first-order valence-corrected chi connectivity index (χ1v) is 4.25. The second kappa shape index (κ2) is 3.46. The van der Waals surface area contributed by atoms with E-state index in [1.54, 1.807) is 0 Å². The number of hydrogen-bond donors (Lipinski definition) is 0. The third kappa shape index (κ3) is 2.11. The summed E-state index contributed by atoms with van der Waals surface area (Å²) in [5.74, 6) is 0. The zero-order chi connectivity index (χ0) is 8.43. The Morgan fingerprint density at radius 3 is 2.73 bits per heavy atom. The minimum absolute atomic E-state index is 0.758. The van der Waals surface area contributed by atoms with Crippen LogP contribution in [0.15, 0.2) is 33.9 Å². The van der Waals surface area contributed by atoms with Gasteiger partial charge in [0.25, 0.3) is 0 Å². The van der Waals surface area contributed by atoms with Crippen molar-refractivity contribution in [1.29, 1.82) is 0 Å². The molecular weight excluding hydrogens is 179 g/mol. The molecule has 1 aliphatic rings. The van der Waals surface area contributed by atoms with Crippen LogP contribution in [0.3, 0.4) is 0 Å². The third-order valence-corrected chi connectivity index (χ3v) is 2.60. The van der Waals surface area contributed by atoms with Crippen LogP contribution in [0.2, 0.25) is 0 Å². The van der Waals surface area contributed by atoms with Crippen LogP contribution in [0.1, 0.15) is 19.8 Å². The molecule has 0 bridgehead atoms. The summed E-state index contributed by atoms with van der Waals surface area (Å²) in [6, 6.07) is 0. The number of halogens is 2. The van der Waals surface area contributed by atoms with Crippen LogP contribution in [-0.4, -0.2) is 0 Å². The second-order valence-corrected chi connectivity index (χ2v) is 3.58. The minimum Gasteiger partial charge on any atom is -0.0992 e. The molecule has 60 valence electrons. The van der Waals surface area contributed by atoms with E-state index >= 15 is 0 Å². The van der Waals surface area contributed by atoms with Crippen molar-refractivity contribution in [1.82, 2.24) is 0 Å². The number of rotatable bonds is 0. The fourth-order valence-electron chi connectivity index (χ4n) is 0.941. The molecule has 0 aromatic rings. The molecule has 0 heterocycles. The van der Waals surface area contributed by atoms with Gasteiger partial charge in [0.2, 0.25) is 0 Å². The van der Waals surface area contributed by atoms with Gasteiger partial charge in [-0.2, -0.15) is 0 Å². The van der Waals surface area contributed by atoms with Crippen molar-refractivity contribution < 1.29 is 0 Å². The van der Waals surface area contributed by atoms with Crippen molar-refractivity contribution >= 4 is 23.2 Å². The highest BCUT2D eigenvalue weighted by Gasteiger charge is 2.08. The molecule has 11 heavy (non-hydrogen) atoms. The van der Waals surface area contributed by atoms with Gasteiger partial charge in [-0.25, -0.2) is 0 Å². The van der Waals surface area contributed by atoms with Crippen LogP contribution in [-0.2, 0) is 0 Å². The summed E-state index contributed by atoms with van der Waals surface area (Å²) >= 11 is 11.9. The maximum Gasteiger partial charge on any atom is 0.0410 e. The number of hydrogen-bond acceptors (Lipinski definition) is 0. The first-order valence-electron chi connectivity index (χ1n) is 3.49. The summed E-state index contributed by atoms with van der Waals surface area (Å²) in [4.78, 5) is 0. The average molecular weight is 189 g/mol. The van der Waals surface area contributed by atoms with Gasteiger partial charge in [-0.05, 0) is 18.9 Å². The molecule has 2 heteroatoms. The van der Waals surface area contributed by atoms with E-state index < -0.39 is 0 Å². The largest absolute Gasteiger partial charge is 0.0992 e. The third-order valence-electron chi connectivity index (χ3n) is 1.74. The minimum atomic E-state index is 0.758. The van der Waals surface area contributed by atoms with E-state index in [0.717, 1.165) is 34.1 Å². The van der Waals surface area contributed by atoms with E-state index in [0.29, 0.717) is 0 Å². The molecule has 0 atom stereocenters. The van der Waals surface area contributed by atoms with Gasteiger partial charge in [-0.15, -0.1) is 0 Å². The molecule has 1 rings (SSSR count). The van der Waals surface area contributed by atoms with Gasteiger partial charge < -0.3 is 0 Å². The van der Waals surface area contributed by atoms with Crippen LogP contribution < -0.4 is 0 Å². The maximum atomic E-state index is 5.95. The van der Waals surface area contributed by atoms with Gasteiger partial charge in [0.05, 0.1) is 0 Å². The molecule has 0 nitrogen and oxygen atoms in total. The van der Waals surface area contributed by atoms with Crippen molar-refractivity contribution in [2.24, 2.45) is 0 Å². The Bertz CT molecular complexity index is 246. The molecule has 1 aliphatic carbocycles. The van der Waals surface area contributed by atoms with Crippen molar-refractivity contribution in [2.75, 3.05) is 0 Å². The molecule has 0 aliphatic heterocycles. The quantitative estimate of drug-likeness (QED) is 0.505. The lowest BCUT2D eigenvalue weighted by Crippen LogP contribution is -1.79. The topological polar surface area (TPSA) is 0 Å². The van der Waals surface area contributed by atoms with Gasteiger partial charge in [0, 0.05) is 16.5 Å². The standard InChI is InChI=1S/C9H10Cl2/c1-6-3-4-8(10)7(2)9(11)5-6/h4H,1,3,5H2,2H3. The maximum absolute atomic E-state index is 5.95. The molecule has 0 aromatic carbocycles. The zero-order valence-electron chi connectivity index (χ0n) is 6.45. The van der Waals surface area contributed by atoms with Crippen LogP contribution in [0.25, 0.3) is 0 Å². The fraction of sp³-hybridized carbons (Fsp3) is 0.333. The molecule has 0 spiro atoms. The molecule has 0 radical (unpaired) electrons. The lowest BCUT2D eigenvalue weighted by Gasteiger charge is -2.00. The van der Waals surface area contributed by atoms with Gasteiger partial charge in [-0.1, -0.05) is 41.4 Å². The van der Waals surface area contributed by atoms with E-state index in [1.165, 1.54) is 0 Å². The van der Waals surface area contributed by atoms with Crippen LogP contribution in [0.5, 0.6) is 0 Å². The van der Waals surface area contributed by atoms with Gasteiger partial charge in [-0.3, -0.25) is 0 Å². The first-order chi connectivity index (χ1) is 5.11. The Morgan fingerprint density at radius 2 is 2.09 bits per heavy atom. The van der Waals surface area contributed by atoms with E-state index in [4.69, 9.17) is 23.2 Å². The highest BCUT2D eigenvalue weighted by molar-refractivity contribution is 6.35. The molecule has 0 saturated carbocycles. The Balaban J connectivity index is 2.99. The summed E-state index contributed by atoms with van der Waals surface area (Å²) in [7, 11) is 0. The van der Waals surface area contributed by atoms with E-state index in [2.05, 4.69) is 6.58 Å². The summed E-state index contributed by atoms with van der Waals surface area (Å²) in [6.07, 6.45) is 3.56. The smallest absolute Gasteiger partial charge is 0.0410 e. The second-order valence-electron chi connectivity index (χ2n) is 2.71. The van der Waals surface area contributed by atoms with Crippen molar-refractivity contribution in [2.45, 2.75) is 19.8 Å². The van der Waals surface area contributed by atoms with Crippen molar-refractivity contribution in [3.63, 3.8) is 0 Å². The van der Waals surface area contributed by atoms with Crippen LogP contribution >= 0.6 is 23.2 Å². The molecular formula is C9H10Cl2. The van der Waals surface area contributed by atoms with E-state index in [9.17, 15) is 0 Å².